The SMILES string of the molecule is [C-]#[N+]c1cnc(N)nc1N[C@@H](C)c1cc2cccc(-c3ccnc(N(C)S(C)(=O)=O)c3)c2c(=O)n1-c1ccccc1. The molecule has 0 aliphatic heterocycles. The summed E-state index contributed by atoms with van der Waals surface area (Å²) in [5, 5.41) is 4.37. The Kier molecular flexibility index (Phi) is 7.13. The average molecular weight is 567 g/mol. The Hall–Kier alpha value is -5.28. The Morgan fingerprint density at radius 1 is 1.07 bits per heavy atom. The lowest BCUT2D eigenvalue weighted by molar-refractivity contribution is 0.600. The second-order valence-electron chi connectivity index (χ2n) is 9.39. The van der Waals surface area contributed by atoms with Gasteiger partial charge in [0.1, 0.15) is 11.6 Å². The molecule has 3 aromatic heterocycles. The molecule has 0 spiro atoms. The zero-order chi connectivity index (χ0) is 29.3. The zero-order valence-electron chi connectivity index (χ0n) is 22.5. The van der Waals surface area contributed by atoms with Crippen LogP contribution in [0.5, 0.6) is 0 Å². The highest BCUT2D eigenvalue weighted by Crippen LogP contribution is 2.32. The van der Waals surface area contributed by atoms with Gasteiger partial charge in [-0.2, -0.15) is 0 Å². The normalized spacial score (nSPS) is 12.0. The molecular weight excluding hydrogens is 540 g/mol. The van der Waals surface area contributed by atoms with Gasteiger partial charge in [-0.3, -0.25) is 13.7 Å². The molecule has 0 unspecified atom stereocenters. The molecule has 3 heterocycles. The number of benzene rings is 2. The monoisotopic (exact) mass is 566 g/mol. The summed E-state index contributed by atoms with van der Waals surface area (Å²) in [5.74, 6) is 0.522. The third kappa shape index (κ3) is 5.30. The van der Waals surface area contributed by atoms with Gasteiger partial charge in [0, 0.05) is 30.8 Å². The van der Waals surface area contributed by atoms with Crippen molar-refractivity contribution in [2.75, 3.05) is 28.7 Å². The lowest BCUT2D eigenvalue weighted by Crippen LogP contribution is -2.26. The number of aromatic nitrogens is 4. The van der Waals surface area contributed by atoms with Gasteiger partial charge < -0.3 is 11.1 Å². The van der Waals surface area contributed by atoms with Crippen LogP contribution in [-0.4, -0.2) is 41.2 Å². The number of nitrogen functional groups attached to an aromatic ring is 1. The van der Waals surface area contributed by atoms with E-state index in [1.54, 1.807) is 16.7 Å². The van der Waals surface area contributed by atoms with E-state index in [0.717, 1.165) is 10.6 Å². The smallest absolute Gasteiger partial charge is 0.263 e. The van der Waals surface area contributed by atoms with Crippen LogP contribution in [0.2, 0.25) is 0 Å². The van der Waals surface area contributed by atoms with Gasteiger partial charge in [-0.1, -0.05) is 36.4 Å². The highest BCUT2D eigenvalue weighted by atomic mass is 32.2. The summed E-state index contributed by atoms with van der Waals surface area (Å²) in [6, 6.07) is 19.6. The Morgan fingerprint density at radius 2 is 1.83 bits per heavy atom. The molecule has 0 bridgehead atoms. The highest BCUT2D eigenvalue weighted by Gasteiger charge is 2.21. The van der Waals surface area contributed by atoms with Crippen LogP contribution in [0, 0.1) is 6.57 Å². The molecule has 0 saturated carbocycles. The number of rotatable bonds is 7. The second-order valence-corrected chi connectivity index (χ2v) is 11.4. The van der Waals surface area contributed by atoms with Crippen LogP contribution < -0.4 is 20.9 Å². The van der Waals surface area contributed by atoms with E-state index in [-0.39, 0.29) is 28.8 Å². The molecule has 12 heteroatoms. The Bertz CT molecular complexity index is 1990. The quantitative estimate of drug-likeness (QED) is 0.274. The number of nitrogens with zero attached hydrogens (tertiary/aromatic N) is 6. The molecule has 11 nitrogen and oxygen atoms in total. The van der Waals surface area contributed by atoms with Crippen LogP contribution in [-0.2, 0) is 10.0 Å². The third-order valence-corrected chi connectivity index (χ3v) is 7.85. The molecule has 41 heavy (non-hydrogen) atoms. The lowest BCUT2D eigenvalue weighted by Gasteiger charge is -2.22. The first-order valence-corrected chi connectivity index (χ1v) is 14.3. The van der Waals surface area contributed by atoms with Gasteiger partial charge in [0.15, 0.2) is 0 Å². The van der Waals surface area contributed by atoms with E-state index in [0.29, 0.717) is 33.3 Å². The summed E-state index contributed by atoms with van der Waals surface area (Å²) < 4.78 is 27.0. The highest BCUT2D eigenvalue weighted by molar-refractivity contribution is 7.92. The molecule has 0 amide bonds. The molecule has 0 saturated heterocycles. The number of anilines is 3. The molecular formula is C29H26N8O3S. The van der Waals surface area contributed by atoms with Gasteiger partial charge in [-0.25, -0.2) is 28.2 Å². The van der Waals surface area contributed by atoms with Crippen LogP contribution in [0.3, 0.4) is 0 Å². The van der Waals surface area contributed by atoms with Gasteiger partial charge in [0.05, 0.1) is 24.3 Å². The van der Waals surface area contributed by atoms with Crippen LogP contribution in [0.4, 0.5) is 23.3 Å². The van der Waals surface area contributed by atoms with Gasteiger partial charge in [-0.15, -0.1) is 0 Å². The first-order valence-electron chi connectivity index (χ1n) is 12.5. The number of nitrogens with one attached hydrogen (secondary N) is 1. The van der Waals surface area contributed by atoms with Gasteiger partial charge in [0.2, 0.25) is 21.7 Å². The fraction of sp³-hybridized carbons (Fsp3) is 0.138. The molecule has 0 radical (unpaired) electrons. The molecule has 5 rings (SSSR count). The van der Waals surface area contributed by atoms with Crippen LogP contribution >= 0.6 is 0 Å². The maximum atomic E-state index is 14.4. The van der Waals surface area contributed by atoms with E-state index in [1.165, 1.54) is 19.4 Å². The number of hydrogen-bond acceptors (Lipinski definition) is 8. The van der Waals surface area contributed by atoms with Crippen molar-refractivity contribution in [3.8, 4) is 16.8 Å². The minimum Gasteiger partial charge on any atom is -0.371 e. The molecule has 0 aliphatic rings. The maximum Gasteiger partial charge on any atom is 0.263 e. The van der Waals surface area contributed by atoms with Crippen molar-refractivity contribution in [2.45, 2.75) is 13.0 Å². The number of fused-ring (bicyclic) bond motifs is 1. The van der Waals surface area contributed by atoms with Crippen molar-refractivity contribution in [1.29, 1.82) is 0 Å². The fourth-order valence-corrected chi connectivity index (χ4v) is 5.01. The van der Waals surface area contributed by atoms with Crippen molar-refractivity contribution in [3.05, 3.63) is 107 Å². The Balaban J connectivity index is 1.73. The van der Waals surface area contributed by atoms with Gasteiger partial charge in [-0.05, 0) is 53.8 Å². The summed E-state index contributed by atoms with van der Waals surface area (Å²) in [4.78, 5) is 30.2. The average Bonchev–Trinajstić information content (AvgIpc) is 2.96. The largest absolute Gasteiger partial charge is 0.371 e. The number of para-hydroxylation sites is 1. The number of sulfonamides is 1. The summed E-state index contributed by atoms with van der Waals surface area (Å²) in [5.41, 5.74) is 8.27. The van der Waals surface area contributed by atoms with E-state index in [1.807, 2.05) is 61.5 Å². The molecule has 1 atom stereocenters. The topological polar surface area (TPSA) is 140 Å². The van der Waals surface area contributed by atoms with Crippen LogP contribution in [0.1, 0.15) is 18.7 Å². The van der Waals surface area contributed by atoms with Crippen LogP contribution in [0.25, 0.3) is 32.4 Å². The van der Waals surface area contributed by atoms with Crippen molar-refractivity contribution >= 4 is 44.1 Å². The third-order valence-electron chi connectivity index (χ3n) is 6.67. The van der Waals surface area contributed by atoms with E-state index in [2.05, 4.69) is 25.1 Å². The standard InChI is InChI=1S/C29H26N8O3S/c1-18(34-27-23(31-2)17-33-29(30)35-27)24-15-20-9-8-12-22(19-13-14-32-25(16-19)36(3)41(4,39)40)26(20)28(38)37(24)21-10-6-5-7-11-21/h5-18H,1,3-4H3,(H3,30,33,34,35)/t18-/m0/s1. The molecule has 0 aliphatic carbocycles. The Labute approximate surface area is 236 Å². The summed E-state index contributed by atoms with van der Waals surface area (Å²) in [6.07, 6.45) is 3.97. The van der Waals surface area contributed by atoms with Crippen LogP contribution in [0.15, 0.2) is 83.9 Å². The molecule has 5 aromatic rings. The maximum absolute atomic E-state index is 14.4. The second kappa shape index (κ2) is 10.7. The number of hydrogen-bond donors (Lipinski definition) is 2. The molecule has 2 aromatic carbocycles. The summed E-state index contributed by atoms with van der Waals surface area (Å²) in [6.45, 7) is 9.34. The minimum absolute atomic E-state index is 0.0222. The minimum atomic E-state index is -3.53. The van der Waals surface area contributed by atoms with Gasteiger partial charge >= 0.3 is 0 Å². The van der Waals surface area contributed by atoms with E-state index in [9.17, 15) is 13.2 Å². The van der Waals surface area contributed by atoms with E-state index >= 15 is 0 Å². The molecule has 0 fully saturated rings. The first-order chi connectivity index (χ1) is 19.6. The Morgan fingerprint density at radius 3 is 2.54 bits per heavy atom. The van der Waals surface area contributed by atoms with Crippen molar-refractivity contribution in [3.63, 3.8) is 0 Å². The predicted octanol–water partition coefficient (Wildman–Crippen LogP) is 4.54. The first kappa shape index (κ1) is 27.3. The summed E-state index contributed by atoms with van der Waals surface area (Å²) in [7, 11) is -2.11. The predicted molar refractivity (Wildman–Crippen MR) is 161 cm³/mol. The fourth-order valence-electron chi connectivity index (χ4n) is 4.57. The lowest BCUT2D eigenvalue weighted by atomic mass is 9.98. The molecule has 3 N–H and O–H groups in total. The summed E-state index contributed by atoms with van der Waals surface area (Å²) >= 11 is 0. The van der Waals surface area contributed by atoms with Crippen molar-refractivity contribution in [1.82, 2.24) is 19.5 Å². The van der Waals surface area contributed by atoms with E-state index < -0.39 is 16.1 Å². The van der Waals surface area contributed by atoms with E-state index in [4.69, 9.17) is 12.3 Å². The molecule has 206 valence electrons. The number of nitrogens with two attached hydrogens (primary N) is 1. The van der Waals surface area contributed by atoms with Crippen molar-refractivity contribution < 1.29 is 8.42 Å². The zero-order valence-corrected chi connectivity index (χ0v) is 23.3. The number of pyridine rings is 2. The van der Waals surface area contributed by atoms with Crippen molar-refractivity contribution in [2.24, 2.45) is 0 Å². The van der Waals surface area contributed by atoms with Gasteiger partial charge in [0.25, 0.3) is 5.56 Å².